The van der Waals surface area contributed by atoms with Gasteiger partial charge in [-0.25, -0.2) is 12.8 Å². The van der Waals surface area contributed by atoms with Crippen LogP contribution >= 0.6 is 0 Å². The molecule has 0 radical (unpaired) electrons. The second-order valence-corrected chi connectivity index (χ2v) is 11.0. The van der Waals surface area contributed by atoms with Gasteiger partial charge < -0.3 is 15.0 Å². The van der Waals surface area contributed by atoms with E-state index in [1.165, 1.54) is 42.3 Å². The van der Waals surface area contributed by atoms with E-state index >= 15 is 0 Å². The Kier molecular flexibility index (Phi) is 10.4. The monoisotopic (exact) mass is 586 g/mol. The number of hydrogen-bond donors (Lipinski definition) is 1. The van der Waals surface area contributed by atoms with Crippen LogP contribution in [0.4, 0.5) is 15.8 Å². The number of non-ortho nitro benzene ring substituents is 1. The number of amides is 2. The van der Waals surface area contributed by atoms with Crippen molar-refractivity contribution in [2.45, 2.75) is 25.9 Å². The van der Waals surface area contributed by atoms with Gasteiger partial charge in [0.15, 0.2) is 0 Å². The average Bonchev–Trinajstić information content (AvgIpc) is 2.94. The first-order chi connectivity index (χ1) is 19.4. The van der Waals surface area contributed by atoms with Crippen molar-refractivity contribution >= 4 is 33.2 Å². The third-order valence-corrected chi connectivity index (χ3v) is 7.34. The normalized spacial score (nSPS) is 11.8. The molecule has 1 atom stereocenters. The fourth-order valence-electron chi connectivity index (χ4n) is 4.21. The summed E-state index contributed by atoms with van der Waals surface area (Å²) in [6, 6.07) is 16.7. The summed E-state index contributed by atoms with van der Waals surface area (Å²) in [5.74, 6) is -1.73. The van der Waals surface area contributed by atoms with E-state index in [9.17, 15) is 32.5 Å². The van der Waals surface area contributed by atoms with E-state index in [2.05, 4.69) is 5.32 Å². The minimum absolute atomic E-state index is 0.0107. The maximum Gasteiger partial charge on any atom is 0.271 e. The molecule has 0 aliphatic rings. The van der Waals surface area contributed by atoms with Crippen molar-refractivity contribution in [1.29, 1.82) is 0 Å². The van der Waals surface area contributed by atoms with Gasteiger partial charge in [-0.3, -0.25) is 24.0 Å². The van der Waals surface area contributed by atoms with Crippen molar-refractivity contribution in [2.24, 2.45) is 0 Å². The number of methoxy groups -OCH3 is 1. The van der Waals surface area contributed by atoms with E-state index in [4.69, 9.17) is 4.74 Å². The SMILES string of the molecule is CCNC(=O)C(Cc1ccccc1)N(Cc1ccc(F)cc1)C(=O)CN(c1cc([N+](=O)[O-])ccc1OC)S(C)(=O)=O. The molecule has 0 spiro atoms. The molecule has 0 heterocycles. The van der Waals surface area contributed by atoms with Gasteiger partial charge in [-0.2, -0.15) is 0 Å². The summed E-state index contributed by atoms with van der Waals surface area (Å²) in [6.07, 6.45) is 0.965. The van der Waals surface area contributed by atoms with E-state index in [-0.39, 0.29) is 30.9 Å². The Labute approximate surface area is 237 Å². The Morgan fingerprint density at radius 3 is 2.27 bits per heavy atom. The average molecular weight is 587 g/mol. The van der Waals surface area contributed by atoms with Crippen LogP contribution < -0.4 is 14.4 Å². The van der Waals surface area contributed by atoms with E-state index in [1.807, 2.05) is 6.07 Å². The lowest BCUT2D eigenvalue weighted by Gasteiger charge is -2.33. The predicted octanol–water partition coefficient (Wildman–Crippen LogP) is 3.28. The van der Waals surface area contributed by atoms with Gasteiger partial charge in [0.25, 0.3) is 5.69 Å². The maximum absolute atomic E-state index is 14.0. The zero-order valence-electron chi connectivity index (χ0n) is 22.8. The molecular weight excluding hydrogens is 555 g/mol. The first-order valence-corrected chi connectivity index (χ1v) is 14.4. The second kappa shape index (κ2) is 13.7. The lowest BCUT2D eigenvalue weighted by atomic mass is 10.0. The van der Waals surface area contributed by atoms with E-state index < -0.39 is 50.9 Å². The lowest BCUT2D eigenvalue weighted by molar-refractivity contribution is -0.384. The maximum atomic E-state index is 14.0. The molecule has 0 aromatic heterocycles. The number of ether oxygens (including phenoxy) is 1. The number of carbonyl (C=O) groups is 2. The Balaban J connectivity index is 2.10. The molecule has 1 unspecified atom stereocenters. The minimum Gasteiger partial charge on any atom is -0.495 e. The smallest absolute Gasteiger partial charge is 0.271 e. The summed E-state index contributed by atoms with van der Waals surface area (Å²) in [5.41, 5.74) is 0.633. The minimum atomic E-state index is -4.18. The molecule has 3 rings (SSSR count). The molecule has 3 aromatic carbocycles. The molecule has 11 nitrogen and oxygen atoms in total. The number of nitrogens with one attached hydrogen (secondary N) is 1. The molecule has 0 saturated heterocycles. The van der Waals surface area contributed by atoms with Crippen LogP contribution in [-0.4, -0.2) is 62.6 Å². The third kappa shape index (κ3) is 8.24. The Morgan fingerprint density at radius 1 is 1.05 bits per heavy atom. The van der Waals surface area contributed by atoms with Crippen molar-refractivity contribution in [2.75, 3.05) is 30.8 Å². The van der Waals surface area contributed by atoms with Gasteiger partial charge >= 0.3 is 0 Å². The second-order valence-electron chi connectivity index (χ2n) is 9.13. The van der Waals surface area contributed by atoms with Crippen molar-refractivity contribution < 1.29 is 32.1 Å². The quantitative estimate of drug-likeness (QED) is 0.240. The summed E-state index contributed by atoms with van der Waals surface area (Å²) in [6.45, 7) is 1.08. The van der Waals surface area contributed by atoms with Crippen molar-refractivity contribution in [1.82, 2.24) is 10.2 Å². The summed E-state index contributed by atoms with van der Waals surface area (Å²) in [5, 5.41) is 14.2. The predicted molar refractivity (Wildman–Crippen MR) is 151 cm³/mol. The van der Waals surface area contributed by atoms with Crippen molar-refractivity contribution in [3.63, 3.8) is 0 Å². The number of nitro benzene ring substituents is 1. The highest BCUT2D eigenvalue weighted by Crippen LogP contribution is 2.34. The fourth-order valence-corrected chi connectivity index (χ4v) is 5.06. The molecule has 218 valence electrons. The third-order valence-electron chi connectivity index (χ3n) is 6.21. The molecule has 0 saturated carbocycles. The van der Waals surface area contributed by atoms with E-state index in [0.717, 1.165) is 24.0 Å². The Bertz CT molecular complexity index is 1490. The lowest BCUT2D eigenvalue weighted by Crippen LogP contribution is -2.53. The number of hydrogen-bond acceptors (Lipinski definition) is 7. The van der Waals surface area contributed by atoms with Crippen LogP contribution in [0.1, 0.15) is 18.1 Å². The van der Waals surface area contributed by atoms with Crippen LogP contribution in [0.25, 0.3) is 0 Å². The number of halogens is 1. The molecule has 0 fully saturated rings. The molecular formula is C28H31FN4O7S. The topological polar surface area (TPSA) is 139 Å². The van der Waals surface area contributed by atoms with E-state index in [1.54, 1.807) is 31.2 Å². The molecule has 13 heteroatoms. The largest absolute Gasteiger partial charge is 0.495 e. The van der Waals surface area contributed by atoms with Gasteiger partial charge in [-0.05, 0) is 36.2 Å². The molecule has 1 N–H and O–H groups in total. The summed E-state index contributed by atoms with van der Waals surface area (Å²) >= 11 is 0. The first-order valence-electron chi connectivity index (χ1n) is 12.6. The van der Waals surface area contributed by atoms with Gasteiger partial charge in [0.2, 0.25) is 21.8 Å². The van der Waals surface area contributed by atoms with E-state index in [0.29, 0.717) is 9.87 Å². The molecule has 41 heavy (non-hydrogen) atoms. The fraction of sp³-hybridized carbons (Fsp3) is 0.286. The number of likely N-dealkylation sites (N-methyl/N-ethyl adjacent to an activating group) is 1. The van der Waals surface area contributed by atoms with Gasteiger partial charge in [0.05, 0.1) is 18.3 Å². The highest BCUT2D eigenvalue weighted by molar-refractivity contribution is 7.92. The van der Waals surface area contributed by atoms with Crippen LogP contribution in [-0.2, 0) is 32.6 Å². The number of sulfonamides is 1. The summed E-state index contributed by atoms with van der Waals surface area (Å²) in [7, 11) is -2.92. The Morgan fingerprint density at radius 2 is 1.71 bits per heavy atom. The molecule has 0 aliphatic heterocycles. The van der Waals surface area contributed by atoms with Crippen molar-refractivity contribution in [3.05, 3.63) is 99.9 Å². The highest BCUT2D eigenvalue weighted by Gasteiger charge is 2.34. The number of carbonyl (C=O) groups excluding carboxylic acids is 2. The van der Waals surface area contributed by atoms with Crippen LogP contribution in [0, 0.1) is 15.9 Å². The van der Waals surface area contributed by atoms with Crippen LogP contribution in [0.2, 0.25) is 0 Å². The first kappa shape index (κ1) is 31.0. The van der Waals surface area contributed by atoms with Crippen LogP contribution in [0.15, 0.2) is 72.8 Å². The Hall–Kier alpha value is -4.52. The number of benzene rings is 3. The number of nitro groups is 1. The van der Waals surface area contributed by atoms with Gasteiger partial charge in [-0.1, -0.05) is 42.5 Å². The van der Waals surface area contributed by atoms with Crippen LogP contribution in [0.3, 0.4) is 0 Å². The molecule has 0 bridgehead atoms. The van der Waals surface area contributed by atoms with Crippen LogP contribution in [0.5, 0.6) is 5.75 Å². The highest BCUT2D eigenvalue weighted by atomic mass is 32.2. The number of nitrogens with zero attached hydrogens (tertiary/aromatic N) is 3. The van der Waals surface area contributed by atoms with Gasteiger partial charge in [0.1, 0.15) is 29.8 Å². The van der Waals surface area contributed by atoms with Gasteiger partial charge in [-0.15, -0.1) is 0 Å². The zero-order chi connectivity index (χ0) is 30.2. The zero-order valence-corrected chi connectivity index (χ0v) is 23.6. The molecule has 3 aromatic rings. The number of rotatable bonds is 13. The molecule has 2 amide bonds. The standard InChI is InChI=1S/C28H31FN4O7S/c1-4-30-28(35)25(16-20-8-6-5-7-9-20)31(18-21-10-12-22(29)13-11-21)27(34)19-32(41(3,38)39)24-17-23(33(36)37)14-15-26(24)40-2/h5-15,17,25H,4,16,18-19H2,1-3H3,(H,30,35). The van der Waals surface area contributed by atoms with Crippen molar-refractivity contribution in [3.8, 4) is 5.75 Å². The summed E-state index contributed by atoms with van der Waals surface area (Å²) < 4.78 is 45.5. The summed E-state index contributed by atoms with van der Waals surface area (Å²) in [4.78, 5) is 39.3. The number of anilines is 1. The van der Waals surface area contributed by atoms with Gasteiger partial charge in [0, 0.05) is 31.6 Å². The molecule has 0 aliphatic carbocycles.